The van der Waals surface area contributed by atoms with Crippen LogP contribution in [-0.2, 0) is 14.2 Å². The SMILES string of the molecule is COC1CN(CC2COCCC2O)CC1OC. The lowest BCUT2D eigenvalue weighted by molar-refractivity contribution is -0.0459. The summed E-state index contributed by atoms with van der Waals surface area (Å²) in [6.07, 6.45) is 0.801. The van der Waals surface area contributed by atoms with Crippen LogP contribution in [-0.4, -0.2) is 75.4 Å². The molecule has 0 aromatic heterocycles. The second-order valence-corrected chi connectivity index (χ2v) is 4.96. The van der Waals surface area contributed by atoms with E-state index in [-0.39, 0.29) is 24.2 Å². The lowest BCUT2D eigenvalue weighted by Crippen LogP contribution is -2.40. The Hall–Kier alpha value is -0.200. The summed E-state index contributed by atoms with van der Waals surface area (Å²) in [6, 6.07) is 0. The number of methoxy groups -OCH3 is 2. The summed E-state index contributed by atoms with van der Waals surface area (Å²) >= 11 is 0. The molecule has 0 amide bonds. The van der Waals surface area contributed by atoms with Crippen LogP contribution in [0.1, 0.15) is 6.42 Å². The van der Waals surface area contributed by atoms with Crippen LogP contribution in [0.2, 0.25) is 0 Å². The lowest BCUT2D eigenvalue weighted by Gasteiger charge is -2.31. The molecule has 0 aromatic carbocycles. The van der Waals surface area contributed by atoms with Crippen LogP contribution in [0.15, 0.2) is 0 Å². The average molecular weight is 245 g/mol. The van der Waals surface area contributed by atoms with Gasteiger partial charge in [0.2, 0.25) is 0 Å². The van der Waals surface area contributed by atoms with Gasteiger partial charge in [-0.1, -0.05) is 0 Å². The first-order valence-corrected chi connectivity index (χ1v) is 6.28. The topological polar surface area (TPSA) is 51.2 Å². The van der Waals surface area contributed by atoms with Crippen molar-refractivity contribution in [1.29, 1.82) is 0 Å². The molecule has 2 rings (SSSR count). The molecule has 5 nitrogen and oxygen atoms in total. The zero-order chi connectivity index (χ0) is 12.3. The molecule has 2 aliphatic rings. The Balaban J connectivity index is 1.83. The lowest BCUT2D eigenvalue weighted by atomic mass is 9.98. The third kappa shape index (κ3) is 3.17. The number of rotatable bonds is 4. The van der Waals surface area contributed by atoms with Crippen LogP contribution >= 0.6 is 0 Å². The van der Waals surface area contributed by atoms with Gasteiger partial charge in [0.15, 0.2) is 0 Å². The fourth-order valence-electron chi connectivity index (χ4n) is 2.71. The number of hydrogen-bond donors (Lipinski definition) is 1. The van der Waals surface area contributed by atoms with Crippen LogP contribution < -0.4 is 0 Å². The Kier molecular flexibility index (Phi) is 4.76. The number of aliphatic hydroxyl groups is 1. The number of ether oxygens (including phenoxy) is 3. The average Bonchev–Trinajstić information content (AvgIpc) is 2.74. The summed E-state index contributed by atoms with van der Waals surface area (Å²) in [5.41, 5.74) is 0. The quantitative estimate of drug-likeness (QED) is 0.739. The minimum absolute atomic E-state index is 0.140. The van der Waals surface area contributed by atoms with Gasteiger partial charge in [0, 0.05) is 46.4 Å². The van der Waals surface area contributed by atoms with Gasteiger partial charge in [-0.3, -0.25) is 4.90 Å². The molecule has 4 atom stereocenters. The van der Waals surface area contributed by atoms with Crippen LogP contribution in [0.25, 0.3) is 0 Å². The van der Waals surface area contributed by atoms with Gasteiger partial charge in [-0.15, -0.1) is 0 Å². The van der Waals surface area contributed by atoms with E-state index in [1.807, 2.05) is 0 Å². The number of nitrogens with zero attached hydrogens (tertiary/aromatic N) is 1. The van der Waals surface area contributed by atoms with Crippen molar-refractivity contribution in [2.75, 3.05) is 47.1 Å². The highest BCUT2D eigenvalue weighted by molar-refractivity contribution is 4.88. The van der Waals surface area contributed by atoms with Crippen molar-refractivity contribution in [3.63, 3.8) is 0 Å². The minimum Gasteiger partial charge on any atom is -0.393 e. The Labute approximate surface area is 103 Å². The zero-order valence-electron chi connectivity index (χ0n) is 10.7. The Morgan fingerprint density at radius 3 is 2.41 bits per heavy atom. The third-order valence-corrected chi connectivity index (χ3v) is 3.82. The molecule has 17 heavy (non-hydrogen) atoms. The summed E-state index contributed by atoms with van der Waals surface area (Å²) in [6.45, 7) is 3.95. The van der Waals surface area contributed by atoms with E-state index in [4.69, 9.17) is 14.2 Å². The Morgan fingerprint density at radius 2 is 1.88 bits per heavy atom. The minimum atomic E-state index is -0.230. The zero-order valence-corrected chi connectivity index (χ0v) is 10.7. The molecule has 2 saturated heterocycles. The Bertz CT molecular complexity index is 227. The molecule has 1 N–H and O–H groups in total. The number of likely N-dealkylation sites (tertiary alicyclic amines) is 1. The molecule has 2 heterocycles. The van der Waals surface area contributed by atoms with Crippen molar-refractivity contribution in [1.82, 2.24) is 4.90 Å². The maximum atomic E-state index is 9.91. The molecule has 100 valence electrons. The predicted molar refractivity (Wildman–Crippen MR) is 63.0 cm³/mol. The molecule has 0 aliphatic carbocycles. The van der Waals surface area contributed by atoms with Crippen molar-refractivity contribution >= 4 is 0 Å². The highest BCUT2D eigenvalue weighted by Crippen LogP contribution is 2.21. The van der Waals surface area contributed by atoms with E-state index in [2.05, 4.69) is 4.90 Å². The highest BCUT2D eigenvalue weighted by atomic mass is 16.5. The molecule has 0 bridgehead atoms. The van der Waals surface area contributed by atoms with Gasteiger partial charge in [-0.05, 0) is 6.42 Å². The molecular weight excluding hydrogens is 222 g/mol. The second-order valence-electron chi connectivity index (χ2n) is 4.96. The molecule has 4 unspecified atom stereocenters. The van der Waals surface area contributed by atoms with E-state index >= 15 is 0 Å². The third-order valence-electron chi connectivity index (χ3n) is 3.82. The first-order valence-electron chi connectivity index (χ1n) is 6.28. The second kappa shape index (κ2) is 6.11. The summed E-state index contributed by atoms with van der Waals surface area (Å²) in [5, 5.41) is 9.91. The molecule has 2 fully saturated rings. The predicted octanol–water partition coefficient (Wildman–Crippen LogP) is -0.271. The molecule has 2 aliphatic heterocycles. The van der Waals surface area contributed by atoms with E-state index in [0.29, 0.717) is 13.2 Å². The van der Waals surface area contributed by atoms with E-state index in [9.17, 15) is 5.11 Å². The molecule has 0 saturated carbocycles. The monoisotopic (exact) mass is 245 g/mol. The van der Waals surface area contributed by atoms with Crippen molar-refractivity contribution in [3.05, 3.63) is 0 Å². The first kappa shape index (κ1) is 13.2. The van der Waals surface area contributed by atoms with Crippen LogP contribution in [0, 0.1) is 5.92 Å². The largest absolute Gasteiger partial charge is 0.393 e. The van der Waals surface area contributed by atoms with Gasteiger partial charge in [0.25, 0.3) is 0 Å². The molecule has 0 aromatic rings. The smallest absolute Gasteiger partial charge is 0.0971 e. The summed E-state index contributed by atoms with van der Waals surface area (Å²) < 4.78 is 16.2. The van der Waals surface area contributed by atoms with Crippen molar-refractivity contribution in [3.8, 4) is 0 Å². The van der Waals surface area contributed by atoms with Crippen LogP contribution in [0.5, 0.6) is 0 Å². The van der Waals surface area contributed by atoms with Gasteiger partial charge >= 0.3 is 0 Å². The maximum absolute atomic E-state index is 9.91. The fourth-order valence-corrected chi connectivity index (χ4v) is 2.71. The van der Waals surface area contributed by atoms with Crippen LogP contribution in [0.4, 0.5) is 0 Å². The molecule has 0 spiro atoms. The van der Waals surface area contributed by atoms with Crippen molar-refractivity contribution in [2.24, 2.45) is 5.92 Å². The first-order chi connectivity index (χ1) is 8.24. The van der Waals surface area contributed by atoms with Gasteiger partial charge < -0.3 is 19.3 Å². The standard InChI is InChI=1S/C12H23NO4/c1-15-11-6-13(7-12(11)16-2)5-9-8-17-4-3-10(9)14/h9-12,14H,3-8H2,1-2H3. The van der Waals surface area contributed by atoms with E-state index in [1.54, 1.807) is 14.2 Å². The van der Waals surface area contributed by atoms with Crippen molar-refractivity contribution < 1.29 is 19.3 Å². The fraction of sp³-hybridized carbons (Fsp3) is 1.00. The summed E-state index contributed by atoms with van der Waals surface area (Å²) in [5.74, 6) is 0.219. The van der Waals surface area contributed by atoms with E-state index < -0.39 is 0 Å². The highest BCUT2D eigenvalue weighted by Gasteiger charge is 2.35. The Morgan fingerprint density at radius 1 is 1.24 bits per heavy atom. The van der Waals surface area contributed by atoms with Gasteiger partial charge in [0.05, 0.1) is 24.9 Å². The molecule has 5 heteroatoms. The maximum Gasteiger partial charge on any atom is 0.0971 e. The number of hydrogen-bond acceptors (Lipinski definition) is 5. The van der Waals surface area contributed by atoms with E-state index in [0.717, 1.165) is 26.1 Å². The summed E-state index contributed by atoms with van der Waals surface area (Å²) in [7, 11) is 3.44. The van der Waals surface area contributed by atoms with Gasteiger partial charge in [-0.25, -0.2) is 0 Å². The van der Waals surface area contributed by atoms with Crippen molar-refractivity contribution in [2.45, 2.75) is 24.7 Å². The molecule has 0 radical (unpaired) electrons. The normalized spacial score (nSPS) is 39.7. The van der Waals surface area contributed by atoms with Gasteiger partial charge in [0.1, 0.15) is 0 Å². The molecular formula is C12H23NO4. The van der Waals surface area contributed by atoms with Gasteiger partial charge in [-0.2, -0.15) is 0 Å². The summed E-state index contributed by atoms with van der Waals surface area (Å²) in [4.78, 5) is 2.30. The van der Waals surface area contributed by atoms with E-state index in [1.165, 1.54) is 0 Å². The van der Waals surface area contributed by atoms with Crippen LogP contribution in [0.3, 0.4) is 0 Å². The number of aliphatic hydroxyl groups excluding tert-OH is 1.